The normalized spacial score (nSPS) is 12.0. The van der Waals surface area contributed by atoms with E-state index in [4.69, 9.17) is 4.74 Å². The van der Waals surface area contributed by atoms with Gasteiger partial charge in [0.25, 0.3) is 5.91 Å². The van der Waals surface area contributed by atoms with Crippen LogP contribution in [-0.2, 0) is 24.2 Å². The number of carbonyl (C=O) groups is 2. The summed E-state index contributed by atoms with van der Waals surface area (Å²) in [7, 11) is 0. The number of rotatable bonds is 11. The van der Waals surface area contributed by atoms with Crippen LogP contribution >= 0.6 is 11.3 Å². The Morgan fingerprint density at radius 1 is 1.12 bits per heavy atom. The van der Waals surface area contributed by atoms with Crippen LogP contribution in [0.25, 0.3) is 11.0 Å². The second kappa shape index (κ2) is 12.9. The third-order valence-corrected chi connectivity index (χ3v) is 7.10. The second-order valence-electron chi connectivity index (χ2n) is 12.0. The molecule has 0 unspecified atom stereocenters. The summed E-state index contributed by atoms with van der Waals surface area (Å²) in [6.45, 7) is 10.4. The van der Waals surface area contributed by atoms with Gasteiger partial charge in [0, 0.05) is 24.4 Å². The number of aryl methyl sites for hydroxylation is 1. The van der Waals surface area contributed by atoms with Gasteiger partial charge in [0.05, 0.1) is 36.0 Å². The Kier molecular flexibility index (Phi) is 9.55. The summed E-state index contributed by atoms with van der Waals surface area (Å²) in [4.78, 5) is 43.6. The Bertz CT molecular complexity index is 1510. The molecule has 9 nitrogen and oxygen atoms in total. The van der Waals surface area contributed by atoms with Gasteiger partial charge in [-0.05, 0) is 44.2 Å². The zero-order chi connectivity index (χ0) is 30.5. The zero-order valence-electron chi connectivity index (χ0n) is 24.5. The Morgan fingerprint density at radius 3 is 2.60 bits per heavy atom. The number of para-hydroxylation sites is 2. The summed E-state index contributed by atoms with van der Waals surface area (Å²) in [5.74, 6) is -1.35. The van der Waals surface area contributed by atoms with Crippen molar-refractivity contribution in [3.05, 3.63) is 75.8 Å². The maximum atomic E-state index is 13.9. The lowest BCUT2D eigenvalue weighted by molar-refractivity contribution is -0.0111. The molecule has 3 heterocycles. The maximum absolute atomic E-state index is 13.9. The number of amides is 2. The molecule has 4 aromatic rings. The molecule has 4 rings (SSSR count). The highest BCUT2D eigenvalue weighted by molar-refractivity contribution is 7.09. The molecule has 0 fully saturated rings. The predicted molar refractivity (Wildman–Crippen MR) is 157 cm³/mol. The first-order valence-electron chi connectivity index (χ1n) is 13.7. The van der Waals surface area contributed by atoms with Crippen LogP contribution < -0.4 is 5.32 Å². The number of imidazole rings is 1. The topological polar surface area (TPSA) is 113 Å². The second-order valence-corrected chi connectivity index (χ2v) is 12.9. The minimum Gasteiger partial charge on any atom is -0.443 e. The Morgan fingerprint density at radius 2 is 1.88 bits per heavy atom. The van der Waals surface area contributed by atoms with E-state index in [2.05, 4.69) is 46.0 Å². The highest BCUT2D eigenvalue weighted by atomic mass is 32.1. The molecular weight excluding hydrogens is 562 g/mol. The molecular formula is C30H36F2N6O3S. The van der Waals surface area contributed by atoms with Gasteiger partial charge >= 0.3 is 6.09 Å². The fourth-order valence-electron chi connectivity index (χ4n) is 4.89. The van der Waals surface area contributed by atoms with E-state index in [0.717, 1.165) is 23.1 Å². The van der Waals surface area contributed by atoms with Gasteiger partial charge in [-0.1, -0.05) is 32.9 Å². The molecule has 224 valence electrons. The van der Waals surface area contributed by atoms with E-state index >= 15 is 0 Å². The Hall–Kier alpha value is -3.93. The number of thiazole rings is 1. The number of ether oxygens (including phenoxy) is 1. The number of nitrogens with one attached hydrogen (secondary N) is 2. The van der Waals surface area contributed by atoms with E-state index < -0.39 is 29.2 Å². The van der Waals surface area contributed by atoms with Gasteiger partial charge in [-0.2, -0.15) is 0 Å². The lowest BCUT2D eigenvalue weighted by Crippen LogP contribution is -2.40. The molecule has 0 saturated heterocycles. The van der Waals surface area contributed by atoms with Gasteiger partial charge in [-0.3, -0.25) is 9.78 Å². The minimum absolute atomic E-state index is 0.0418. The van der Waals surface area contributed by atoms with Gasteiger partial charge in [-0.15, -0.1) is 11.3 Å². The fraction of sp³-hybridized carbons (Fsp3) is 0.433. The van der Waals surface area contributed by atoms with Crippen LogP contribution in [0.5, 0.6) is 0 Å². The summed E-state index contributed by atoms with van der Waals surface area (Å²) < 4.78 is 32.9. The Balaban J connectivity index is 1.42. The molecule has 0 aliphatic heterocycles. The third-order valence-electron chi connectivity index (χ3n) is 6.27. The van der Waals surface area contributed by atoms with Gasteiger partial charge in [-0.25, -0.2) is 23.5 Å². The van der Waals surface area contributed by atoms with Crippen molar-refractivity contribution >= 4 is 34.4 Å². The third kappa shape index (κ3) is 8.78. The van der Waals surface area contributed by atoms with E-state index in [0.29, 0.717) is 36.9 Å². The van der Waals surface area contributed by atoms with E-state index in [1.165, 1.54) is 11.3 Å². The van der Waals surface area contributed by atoms with Crippen LogP contribution in [0.3, 0.4) is 0 Å². The standard InChI is InChI=1S/C30H36F2N6O3S/c1-29(2,3)18-30(4,5)41-28(40)38(12-8-11-25-35-21-9-6-7-10-22(21)36-25)16-26-37-24(17-42-26)27(39)34-15-23-20(32)13-19(31)14-33-23/h6-7,9-10,13-14,17H,8,11-12,15-16,18H2,1-5H3,(H,34,39)(H,35,36). The molecule has 1 aromatic carbocycles. The quantitative estimate of drug-likeness (QED) is 0.206. The van der Waals surface area contributed by atoms with Crippen molar-refractivity contribution in [2.75, 3.05) is 6.54 Å². The summed E-state index contributed by atoms with van der Waals surface area (Å²) in [6.07, 6.45) is 2.35. The SMILES string of the molecule is CC(C)(C)CC(C)(C)OC(=O)N(CCCc1nc2ccccc2[nH]1)Cc1nc(C(=O)NCc2ncc(F)cc2F)cs1. The molecule has 12 heteroatoms. The predicted octanol–water partition coefficient (Wildman–Crippen LogP) is 6.41. The molecule has 0 saturated carbocycles. The van der Waals surface area contributed by atoms with E-state index in [-0.39, 0.29) is 29.9 Å². The first kappa shape index (κ1) is 31.0. The first-order valence-corrected chi connectivity index (χ1v) is 14.6. The van der Waals surface area contributed by atoms with Gasteiger partial charge < -0.3 is 19.9 Å². The molecule has 0 atom stereocenters. The highest BCUT2D eigenvalue weighted by Gasteiger charge is 2.31. The van der Waals surface area contributed by atoms with Crippen molar-refractivity contribution in [2.24, 2.45) is 5.41 Å². The monoisotopic (exact) mass is 598 g/mol. The van der Waals surface area contributed by atoms with Crippen LogP contribution in [0, 0.1) is 17.0 Å². The number of aromatic amines is 1. The lowest BCUT2D eigenvalue weighted by atomic mass is 9.84. The number of aromatic nitrogens is 4. The number of carbonyl (C=O) groups excluding carboxylic acids is 2. The fourth-order valence-corrected chi connectivity index (χ4v) is 5.68. The largest absolute Gasteiger partial charge is 0.443 e. The average Bonchev–Trinajstić information content (AvgIpc) is 3.52. The molecule has 3 aromatic heterocycles. The van der Waals surface area contributed by atoms with Gasteiger partial charge in [0.2, 0.25) is 0 Å². The van der Waals surface area contributed by atoms with Crippen LogP contribution in [0.4, 0.5) is 13.6 Å². The number of pyridine rings is 1. The summed E-state index contributed by atoms with van der Waals surface area (Å²) in [5, 5.41) is 4.66. The summed E-state index contributed by atoms with van der Waals surface area (Å²) >= 11 is 1.23. The highest BCUT2D eigenvalue weighted by Crippen LogP contribution is 2.30. The number of benzene rings is 1. The molecule has 2 amide bonds. The van der Waals surface area contributed by atoms with Crippen LogP contribution in [-0.4, -0.2) is 49.0 Å². The number of fused-ring (bicyclic) bond motifs is 1. The van der Waals surface area contributed by atoms with E-state index in [1.807, 2.05) is 38.1 Å². The molecule has 0 bridgehead atoms. The van der Waals surface area contributed by atoms with Crippen molar-refractivity contribution in [2.45, 2.75) is 72.6 Å². The number of halogens is 2. The van der Waals surface area contributed by atoms with Gasteiger partial charge in [0.15, 0.2) is 0 Å². The molecule has 42 heavy (non-hydrogen) atoms. The number of hydrogen-bond donors (Lipinski definition) is 2. The minimum atomic E-state index is -0.847. The molecule has 0 aliphatic carbocycles. The van der Waals surface area contributed by atoms with Crippen LogP contribution in [0.15, 0.2) is 41.9 Å². The maximum Gasteiger partial charge on any atom is 0.410 e. The lowest BCUT2D eigenvalue weighted by Gasteiger charge is -2.34. The average molecular weight is 599 g/mol. The van der Waals surface area contributed by atoms with Crippen molar-refractivity contribution in [3.8, 4) is 0 Å². The summed E-state index contributed by atoms with van der Waals surface area (Å²) in [6, 6.07) is 8.50. The number of hydrogen-bond acceptors (Lipinski definition) is 7. The first-order chi connectivity index (χ1) is 19.8. The summed E-state index contributed by atoms with van der Waals surface area (Å²) in [5.41, 5.74) is 1.15. The van der Waals surface area contributed by atoms with Gasteiger partial charge in [0.1, 0.15) is 33.8 Å². The van der Waals surface area contributed by atoms with Crippen molar-refractivity contribution in [1.82, 2.24) is 30.2 Å². The van der Waals surface area contributed by atoms with E-state index in [9.17, 15) is 18.4 Å². The molecule has 0 radical (unpaired) electrons. The number of nitrogens with zero attached hydrogens (tertiary/aromatic N) is 4. The van der Waals surface area contributed by atoms with Crippen LogP contribution in [0.2, 0.25) is 0 Å². The Labute approximate surface area is 247 Å². The van der Waals surface area contributed by atoms with Crippen LogP contribution in [0.1, 0.15) is 74.5 Å². The smallest absolute Gasteiger partial charge is 0.410 e. The molecule has 2 N–H and O–H groups in total. The molecule has 0 spiro atoms. The van der Waals surface area contributed by atoms with Crippen molar-refractivity contribution < 1.29 is 23.1 Å². The van der Waals surface area contributed by atoms with E-state index in [1.54, 1.807) is 10.3 Å². The zero-order valence-corrected chi connectivity index (χ0v) is 25.3. The number of H-pyrrole nitrogens is 1. The van der Waals surface area contributed by atoms with Crippen molar-refractivity contribution in [1.29, 1.82) is 0 Å². The molecule has 0 aliphatic rings. The van der Waals surface area contributed by atoms with Crippen molar-refractivity contribution in [3.63, 3.8) is 0 Å².